The van der Waals surface area contributed by atoms with Crippen LogP contribution < -0.4 is 21.3 Å². The van der Waals surface area contributed by atoms with Crippen LogP contribution >= 0.6 is 0 Å². The van der Waals surface area contributed by atoms with Crippen molar-refractivity contribution in [3.63, 3.8) is 0 Å². The van der Waals surface area contributed by atoms with Crippen LogP contribution in [0.25, 0.3) is 0 Å². The molecule has 0 bridgehead atoms. The third-order valence-corrected chi connectivity index (χ3v) is 8.41. The first-order valence-corrected chi connectivity index (χ1v) is 16.5. The zero-order chi connectivity index (χ0) is 34.2. The highest BCUT2D eigenvalue weighted by Gasteiger charge is 2.45. The number of nitrogens with one attached hydrogen (secondary N) is 4. The molecule has 46 heavy (non-hydrogen) atoms. The van der Waals surface area contributed by atoms with Gasteiger partial charge in [-0.3, -0.25) is 33.8 Å². The van der Waals surface area contributed by atoms with Crippen LogP contribution in [0.4, 0.5) is 0 Å². The first kappa shape index (κ1) is 36.6. The van der Waals surface area contributed by atoms with Gasteiger partial charge in [0.25, 0.3) is 11.8 Å². The third kappa shape index (κ3) is 10.1. The molecule has 254 valence electrons. The van der Waals surface area contributed by atoms with Crippen molar-refractivity contribution in [2.24, 2.45) is 17.3 Å². The minimum Gasteiger partial charge on any atom is -0.347 e. The molecule has 1 saturated heterocycles. The molecule has 1 aliphatic heterocycles. The van der Waals surface area contributed by atoms with Gasteiger partial charge in [0, 0.05) is 25.0 Å². The van der Waals surface area contributed by atoms with Crippen molar-refractivity contribution in [3.8, 4) is 0 Å². The molecule has 2 heterocycles. The molecule has 5 atom stereocenters. The van der Waals surface area contributed by atoms with Crippen LogP contribution in [0.1, 0.15) is 104 Å². The van der Waals surface area contributed by atoms with Gasteiger partial charge in [0.15, 0.2) is 0 Å². The van der Waals surface area contributed by atoms with E-state index in [1.807, 2.05) is 34.6 Å². The lowest BCUT2D eigenvalue weighted by Gasteiger charge is -2.34. The van der Waals surface area contributed by atoms with E-state index in [1.165, 1.54) is 23.5 Å². The molecule has 0 aromatic carbocycles. The van der Waals surface area contributed by atoms with E-state index in [-0.39, 0.29) is 35.4 Å². The lowest BCUT2D eigenvalue weighted by Crippen LogP contribution is -2.60. The predicted molar refractivity (Wildman–Crippen MR) is 171 cm³/mol. The molecule has 1 unspecified atom stereocenters. The van der Waals surface area contributed by atoms with Crippen molar-refractivity contribution in [2.75, 3.05) is 6.54 Å². The van der Waals surface area contributed by atoms with E-state index in [4.69, 9.17) is 0 Å². The SMILES string of the molecule is CCCC(NC(=O)[C@@H]1[C@@H](CC)CCN1C(=O)[C@H](CC(C)(C)C)NC(=O)[C@@H](NC(=O)c1cnccn1)C(C)C)C(=O)C(=O)NC1CC1. The molecule has 3 rings (SSSR count). The molecule has 1 aromatic heterocycles. The van der Waals surface area contributed by atoms with Gasteiger partial charge in [-0.15, -0.1) is 0 Å². The number of aromatic nitrogens is 2. The van der Waals surface area contributed by atoms with Gasteiger partial charge in [-0.1, -0.05) is 61.3 Å². The monoisotopic (exact) mass is 641 g/mol. The van der Waals surface area contributed by atoms with Crippen molar-refractivity contribution in [1.29, 1.82) is 0 Å². The number of carbonyl (C=O) groups excluding carboxylic acids is 6. The summed E-state index contributed by atoms with van der Waals surface area (Å²) in [4.78, 5) is 89.5. The summed E-state index contributed by atoms with van der Waals surface area (Å²) in [5.74, 6) is -3.86. The Morgan fingerprint density at radius 3 is 2.20 bits per heavy atom. The summed E-state index contributed by atoms with van der Waals surface area (Å²) in [7, 11) is 0. The Hall–Kier alpha value is -3.90. The third-order valence-electron chi connectivity index (χ3n) is 8.41. The van der Waals surface area contributed by atoms with E-state index in [2.05, 4.69) is 31.2 Å². The summed E-state index contributed by atoms with van der Waals surface area (Å²) >= 11 is 0. The van der Waals surface area contributed by atoms with Gasteiger partial charge in [0.1, 0.15) is 23.8 Å². The van der Waals surface area contributed by atoms with E-state index in [0.717, 1.165) is 12.8 Å². The highest BCUT2D eigenvalue weighted by Crippen LogP contribution is 2.30. The molecule has 1 saturated carbocycles. The molecular formula is C33H51N7O6. The minimum absolute atomic E-state index is 0.00688. The average Bonchev–Trinajstić information content (AvgIpc) is 3.71. The normalized spacial score (nSPS) is 20.0. The number of likely N-dealkylation sites (tertiary alicyclic amines) is 1. The van der Waals surface area contributed by atoms with Gasteiger partial charge in [-0.2, -0.15) is 0 Å². The lowest BCUT2D eigenvalue weighted by atomic mass is 9.87. The molecule has 5 amide bonds. The number of rotatable bonds is 15. The van der Waals surface area contributed by atoms with Crippen LogP contribution in [0.5, 0.6) is 0 Å². The highest BCUT2D eigenvalue weighted by atomic mass is 16.2. The van der Waals surface area contributed by atoms with Crippen molar-refractivity contribution >= 4 is 35.3 Å². The van der Waals surface area contributed by atoms with E-state index in [9.17, 15) is 28.8 Å². The van der Waals surface area contributed by atoms with Crippen molar-refractivity contribution < 1.29 is 28.8 Å². The fourth-order valence-electron chi connectivity index (χ4n) is 5.78. The molecule has 13 nitrogen and oxygen atoms in total. The second-order valence-corrected chi connectivity index (χ2v) is 14.0. The number of ketones is 1. The molecule has 0 radical (unpaired) electrons. The first-order chi connectivity index (χ1) is 21.7. The number of carbonyl (C=O) groups is 6. The number of hydrogen-bond acceptors (Lipinski definition) is 8. The molecule has 1 aromatic rings. The minimum atomic E-state index is -0.999. The topological polar surface area (TPSA) is 180 Å². The first-order valence-electron chi connectivity index (χ1n) is 16.5. The number of hydrogen-bond donors (Lipinski definition) is 4. The lowest BCUT2D eigenvalue weighted by molar-refractivity contribution is -0.144. The van der Waals surface area contributed by atoms with Crippen molar-refractivity contribution in [2.45, 2.75) is 124 Å². The molecule has 1 aliphatic carbocycles. The van der Waals surface area contributed by atoms with E-state index >= 15 is 0 Å². The van der Waals surface area contributed by atoms with Gasteiger partial charge in [0.2, 0.25) is 23.5 Å². The average molecular weight is 642 g/mol. The zero-order valence-corrected chi connectivity index (χ0v) is 28.2. The van der Waals surface area contributed by atoms with E-state index in [0.29, 0.717) is 32.2 Å². The molecule has 0 spiro atoms. The quantitative estimate of drug-likeness (QED) is 0.210. The Balaban J connectivity index is 1.81. The predicted octanol–water partition coefficient (Wildman–Crippen LogP) is 1.91. The van der Waals surface area contributed by atoms with E-state index in [1.54, 1.807) is 13.8 Å². The van der Waals surface area contributed by atoms with Gasteiger partial charge in [-0.25, -0.2) is 4.98 Å². The number of Topliss-reactive ketones (excluding diaryl/α,β-unsaturated/α-hetero) is 1. The van der Waals surface area contributed by atoms with Crippen LogP contribution in [0, 0.1) is 17.3 Å². The second-order valence-electron chi connectivity index (χ2n) is 14.0. The Kier molecular flexibility index (Phi) is 12.8. The maximum atomic E-state index is 14.2. The number of nitrogens with zero attached hydrogens (tertiary/aromatic N) is 3. The Morgan fingerprint density at radius 1 is 0.957 bits per heavy atom. The zero-order valence-electron chi connectivity index (χ0n) is 28.2. The van der Waals surface area contributed by atoms with Crippen molar-refractivity contribution in [1.82, 2.24) is 36.1 Å². The van der Waals surface area contributed by atoms with Crippen LogP contribution in [-0.4, -0.2) is 86.9 Å². The Morgan fingerprint density at radius 2 is 1.65 bits per heavy atom. The van der Waals surface area contributed by atoms with Crippen LogP contribution in [-0.2, 0) is 24.0 Å². The molecule has 4 N–H and O–H groups in total. The van der Waals surface area contributed by atoms with Crippen molar-refractivity contribution in [3.05, 3.63) is 24.3 Å². The summed E-state index contributed by atoms with van der Waals surface area (Å²) in [6.07, 6.45) is 8.13. The van der Waals surface area contributed by atoms with Gasteiger partial charge in [0.05, 0.1) is 12.2 Å². The fourth-order valence-corrected chi connectivity index (χ4v) is 5.78. The van der Waals surface area contributed by atoms with Crippen LogP contribution in [0.15, 0.2) is 18.6 Å². The molecular weight excluding hydrogens is 590 g/mol. The van der Waals surface area contributed by atoms with Gasteiger partial charge >= 0.3 is 0 Å². The van der Waals surface area contributed by atoms with Crippen LogP contribution in [0.3, 0.4) is 0 Å². The Labute approximate surface area is 271 Å². The van der Waals surface area contributed by atoms with E-state index < -0.39 is 59.5 Å². The summed E-state index contributed by atoms with van der Waals surface area (Å²) in [6, 6.07) is -3.81. The van der Waals surface area contributed by atoms with Crippen LogP contribution in [0.2, 0.25) is 0 Å². The summed E-state index contributed by atoms with van der Waals surface area (Å²) in [5, 5.41) is 11.1. The smallest absolute Gasteiger partial charge is 0.289 e. The molecule has 2 aliphatic rings. The maximum absolute atomic E-state index is 14.2. The summed E-state index contributed by atoms with van der Waals surface area (Å²) in [5.41, 5.74) is -0.316. The largest absolute Gasteiger partial charge is 0.347 e. The maximum Gasteiger partial charge on any atom is 0.289 e. The highest BCUT2D eigenvalue weighted by molar-refractivity contribution is 6.38. The van der Waals surface area contributed by atoms with Gasteiger partial charge < -0.3 is 26.2 Å². The fraction of sp³-hybridized carbons (Fsp3) is 0.697. The Bertz CT molecular complexity index is 1260. The molecule has 2 fully saturated rings. The summed E-state index contributed by atoms with van der Waals surface area (Å²) < 4.78 is 0. The summed E-state index contributed by atoms with van der Waals surface area (Å²) in [6.45, 7) is 13.5. The standard InChI is InChI=1S/C33H51N7O6/c1-8-10-22(27(41)31(45)36-21-11-12-21)37-30(44)26-20(9-2)13-16-40(26)32(46)23(17-33(5,6)7)38-29(43)25(19(3)4)39-28(42)24-18-34-14-15-35-24/h14-15,18-23,25-26H,8-13,16-17H2,1-7H3,(H,36,45)(H,37,44)(H,38,43)(H,39,42)/t20-,22?,23-,25-,26-/m0/s1. The van der Waals surface area contributed by atoms with Gasteiger partial charge in [-0.05, 0) is 49.4 Å². The second kappa shape index (κ2) is 16.1. The number of amides is 5. The molecule has 13 heteroatoms.